The van der Waals surface area contributed by atoms with E-state index in [-0.39, 0.29) is 16.8 Å². The van der Waals surface area contributed by atoms with Crippen molar-refractivity contribution in [1.29, 1.82) is 0 Å². The summed E-state index contributed by atoms with van der Waals surface area (Å²) in [7, 11) is 0. The van der Waals surface area contributed by atoms with Crippen molar-refractivity contribution < 1.29 is 9.59 Å². The lowest BCUT2D eigenvalue weighted by Crippen LogP contribution is -2.34. The van der Waals surface area contributed by atoms with E-state index in [9.17, 15) is 9.59 Å². The molecule has 0 spiro atoms. The average molecular weight is 408 g/mol. The summed E-state index contributed by atoms with van der Waals surface area (Å²) in [6, 6.07) is 15.6. The van der Waals surface area contributed by atoms with Crippen LogP contribution in [-0.2, 0) is 12.8 Å². The predicted molar refractivity (Wildman–Crippen MR) is 114 cm³/mol. The zero-order chi connectivity index (χ0) is 19.5. The van der Waals surface area contributed by atoms with Crippen molar-refractivity contribution in [2.45, 2.75) is 19.3 Å². The minimum atomic E-state index is -0.333. The van der Waals surface area contributed by atoms with Crippen LogP contribution in [0.3, 0.4) is 0 Å². The van der Waals surface area contributed by atoms with Crippen molar-refractivity contribution in [1.82, 2.24) is 10.3 Å². The largest absolute Gasteiger partial charge is 0.308 e. The normalized spacial score (nSPS) is 12.3. The van der Waals surface area contributed by atoms with E-state index in [0.29, 0.717) is 21.8 Å². The number of nitrogens with one attached hydrogen (secondary N) is 2. The van der Waals surface area contributed by atoms with Crippen molar-refractivity contribution in [2.24, 2.45) is 0 Å². The van der Waals surface area contributed by atoms with Crippen molar-refractivity contribution in [3.63, 3.8) is 0 Å². The number of hydrogen-bond donors (Lipinski definition) is 2. The van der Waals surface area contributed by atoms with E-state index in [1.165, 1.54) is 4.88 Å². The van der Waals surface area contributed by atoms with Gasteiger partial charge < -0.3 is 5.32 Å². The molecule has 7 heteroatoms. The second-order valence-corrected chi connectivity index (χ2v) is 7.92. The number of amides is 1. The lowest BCUT2D eigenvalue weighted by atomic mass is 10.0. The molecule has 1 heterocycles. The van der Waals surface area contributed by atoms with Crippen molar-refractivity contribution in [3.8, 4) is 0 Å². The fourth-order valence-electron chi connectivity index (χ4n) is 3.08. The number of thiocarbonyl (C=S) groups is 1. The van der Waals surface area contributed by atoms with Crippen LogP contribution in [0.25, 0.3) is 0 Å². The van der Waals surface area contributed by atoms with Gasteiger partial charge in [-0.1, -0.05) is 42.5 Å². The highest BCUT2D eigenvalue weighted by Crippen LogP contribution is 2.30. The Kier molecular flexibility index (Phi) is 5.27. The number of carbonyl (C=O) groups is 2. The third-order valence-corrected chi connectivity index (χ3v) is 5.77. The fourth-order valence-corrected chi connectivity index (χ4v) is 4.38. The van der Waals surface area contributed by atoms with Crippen LogP contribution >= 0.6 is 23.6 Å². The highest BCUT2D eigenvalue weighted by atomic mass is 32.1. The molecule has 4 rings (SSSR count). The summed E-state index contributed by atoms with van der Waals surface area (Å²) >= 11 is 6.80. The van der Waals surface area contributed by atoms with Gasteiger partial charge in [0.25, 0.3) is 5.91 Å². The maximum Gasteiger partial charge on any atom is 0.257 e. The van der Waals surface area contributed by atoms with Gasteiger partial charge in [0.2, 0.25) is 0 Å². The molecule has 0 saturated heterocycles. The van der Waals surface area contributed by atoms with E-state index in [1.807, 2.05) is 18.2 Å². The third kappa shape index (κ3) is 4.00. The van der Waals surface area contributed by atoms with Gasteiger partial charge in [0, 0.05) is 21.6 Å². The number of fused-ring (bicyclic) bond motifs is 1. The molecule has 0 bridgehead atoms. The van der Waals surface area contributed by atoms with Crippen LogP contribution in [0.1, 0.15) is 43.3 Å². The molecule has 0 radical (unpaired) electrons. The number of hydrogen-bond acceptors (Lipinski definition) is 5. The Morgan fingerprint density at radius 2 is 1.61 bits per heavy atom. The zero-order valence-electron chi connectivity index (χ0n) is 14.9. The molecule has 0 saturated carbocycles. The molecule has 0 atom stereocenters. The number of rotatable bonds is 4. The van der Waals surface area contributed by atoms with Gasteiger partial charge >= 0.3 is 0 Å². The molecular formula is C21H17N3O2S2. The summed E-state index contributed by atoms with van der Waals surface area (Å²) in [4.78, 5) is 30.6. The maximum atomic E-state index is 12.4. The number of ketones is 1. The van der Waals surface area contributed by atoms with Gasteiger partial charge in [0.05, 0.1) is 5.69 Å². The highest BCUT2D eigenvalue weighted by Gasteiger charge is 2.18. The van der Waals surface area contributed by atoms with Crippen LogP contribution in [0.15, 0.2) is 54.6 Å². The fraction of sp³-hybridized carbons (Fsp3) is 0.143. The molecule has 1 aliphatic carbocycles. The summed E-state index contributed by atoms with van der Waals surface area (Å²) in [6.07, 6.45) is 3.21. The molecular weight excluding hydrogens is 390 g/mol. The molecule has 3 aromatic rings. The summed E-state index contributed by atoms with van der Waals surface area (Å²) in [6.45, 7) is 0. The SMILES string of the molecule is O=C(NC(=S)Nc1nc2c(s1)CCC2)c1ccc(C(=O)c2ccccc2)cc1. The van der Waals surface area contributed by atoms with Gasteiger partial charge in [-0.25, -0.2) is 4.98 Å². The first-order valence-electron chi connectivity index (χ1n) is 8.91. The van der Waals surface area contributed by atoms with E-state index >= 15 is 0 Å². The first-order valence-corrected chi connectivity index (χ1v) is 10.1. The van der Waals surface area contributed by atoms with Gasteiger partial charge in [-0.2, -0.15) is 0 Å². The van der Waals surface area contributed by atoms with Gasteiger partial charge in [-0.3, -0.25) is 14.9 Å². The number of aryl methyl sites for hydroxylation is 2. The molecule has 5 nitrogen and oxygen atoms in total. The van der Waals surface area contributed by atoms with Crippen LogP contribution in [0.4, 0.5) is 5.13 Å². The maximum absolute atomic E-state index is 12.4. The highest BCUT2D eigenvalue weighted by molar-refractivity contribution is 7.80. The predicted octanol–water partition coefficient (Wildman–Crippen LogP) is 3.99. The smallest absolute Gasteiger partial charge is 0.257 e. The first-order chi connectivity index (χ1) is 13.6. The van der Waals surface area contributed by atoms with Gasteiger partial charge in [-0.15, -0.1) is 11.3 Å². The summed E-state index contributed by atoms with van der Waals surface area (Å²) in [5, 5.41) is 6.55. The van der Waals surface area contributed by atoms with Crippen LogP contribution in [0, 0.1) is 0 Å². The number of carbonyl (C=O) groups excluding carboxylic acids is 2. The van der Waals surface area contributed by atoms with Crippen LogP contribution in [0.2, 0.25) is 0 Å². The molecule has 0 aliphatic heterocycles. The quantitative estimate of drug-likeness (QED) is 0.505. The summed E-state index contributed by atoms with van der Waals surface area (Å²) in [5.74, 6) is -0.415. The Morgan fingerprint density at radius 1 is 0.929 bits per heavy atom. The second-order valence-electron chi connectivity index (χ2n) is 6.42. The van der Waals surface area contributed by atoms with Crippen molar-refractivity contribution in [3.05, 3.63) is 81.9 Å². The lowest BCUT2D eigenvalue weighted by Gasteiger charge is -2.08. The molecule has 140 valence electrons. The number of aromatic nitrogens is 1. The summed E-state index contributed by atoms with van der Waals surface area (Å²) < 4.78 is 0. The molecule has 2 aromatic carbocycles. The van der Waals surface area contributed by atoms with Gasteiger partial charge in [0.1, 0.15) is 0 Å². The van der Waals surface area contributed by atoms with Crippen molar-refractivity contribution >= 4 is 45.5 Å². The average Bonchev–Trinajstić information content (AvgIpc) is 3.29. The van der Waals surface area contributed by atoms with E-state index in [1.54, 1.807) is 47.7 Å². The molecule has 1 aliphatic rings. The van der Waals surface area contributed by atoms with Gasteiger partial charge in [0.15, 0.2) is 16.0 Å². The Balaban J connectivity index is 1.37. The lowest BCUT2D eigenvalue weighted by molar-refractivity contribution is 0.0975. The van der Waals surface area contributed by atoms with Gasteiger partial charge in [-0.05, 0) is 43.6 Å². The molecule has 28 heavy (non-hydrogen) atoms. The van der Waals surface area contributed by atoms with E-state index < -0.39 is 0 Å². The number of thiazole rings is 1. The Hall–Kier alpha value is -2.90. The minimum Gasteiger partial charge on any atom is -0.308 e. The first kappa shape index (κ1) is 18.5. The van der Waals surface area contributed by atoms with E-state index in [0.717, 1.165) is 25.0 Å². The molecule has 1 aromatic heterocycles. The second kappa shape index (κ2) is 8.00. The topological polar surface area (TPSA) is 71.1 Å². The molecule has 0 unspecified atom stereocenters. The van der Waals surface area contributed by atoms with E-state index in [2.05, 4.69) is 15.6 Å². The molecule has 2 N–H and O–H groups in total. The standard InChI is InChI=1S/C21H17N3O2S2/c25-18(13-5-2-1-3-6-13)14-9-11-15(12-10-14)19(26)23-20(27)24-21-22-16-7-4-8-17(16)28-21/h1-3,5-6,9-12H,4,7-8H2,(H2,22,23,24,26,27). The van der Waals surface area contributed by atoms with Crippen LogP contribution in [-0.4, -0.2) is 21.8 Å². The van der Waals surface area contributed by atoms with Crippen LogP contribution < -0.4 is 10.6 Å². The monoisotopic (exact) mass is 407 g/mol. The number of anilines is 1. The Bertz CT molecular complexity index is 1020. The summed E-state index contributed by atoms with van der Waals surface area (Å²) in [5.41, 5.74) is 2.69. The third-order valence-electron chi connectivity index (χ3n) is 4.49. The Morgan fingerprint density at radius 3 is 2.32 bits per heavy atom. The molecule has 1 amide bonds. The van der Waals surface area contributed by atoms with Crippen LogP contribution in [0.5, 0.6) is 0 Å². The number of nitrogens with zero attached hydrogens (tertiary/aromatic N) is 1. The minimum absolute atomic E-state index is 0.0819. The zero-order valence-corrected chi connectivity index (χ0v) is 16.5. The number of benzene rings is 2. The Labute approximate surface area is 171 Å². The molecule has 0 fully saturated rings. The van der Waals surface area contributed by atoms with E-state index in [4.69, 9.17) is 12.2 Å². The van der Waals surface area contributed by atoms with Crippen molar-refractivity contribution in [2.75, 3.05) is 5.32 Å².